The lowest BCUT2D eigenvalue weighted by Crippen LogP contribution is -2.39. The molecule has 0 bridgehead atoms. The molecule has 2 fully saturated rings. The highest BCUT2D eigenvalue weighted by Crippen LogP contribution is 2.36. The Morgan fingerprint density at radius 2 is 1.96 bits per heavy atom. The number of nitro groups is 1. The SMILES string of the molecule is CNc1cc(N(C)C2CCSC2)c(C(=O)NC2CCC(C)CC2)cc1[N+](=O)[O-]. The minimum atomic E-state index is -0.430. The third-order valence-electron chi connectivity index (χ3n) is 6.01. The third kappa shape index (κ3) is 4.54. The van der Waals surface area contributed by atoms with Crippen LogP contribution in [0.3, 0.4) is 0 Å². The Labute approximate surface area is 170 Å². The standard InChI is InChI=1S/C20H30N4O3S/c1-13-4-6-14(7-5-13)22-20(25)16-10-19(24(26)27)17(21-2)11-18(16)23(3)15-8-9-28-12-15/h10-11,13-15,21H,4-9,12H2,1-3H3,(H,22,25). The molecule has 8 heteroatoms. The van der Waals surface area contributed by atoms with E-state index in [9.17, 15) is 14.9 Å². The van der Waals surface area contributed by atoms with Crippen molar-refractivity contribution >= 4 is 34.7 Å². The van der Waals surface area contributed by atoms with Gasteiger partial charge in [-0.15, -0.1) is 0 Å². The highest BCUT2D eigenvalue weighted by Gasteiger charge is 2.29. The molecule has 0 spiro atoms. The van der Waals surface area contributed by atoms with Gasteiger partial charge in [-0.1, -0.05) is 6.92 Å². The summed E-state index contributed by atoms with van der Waals surface area (Å²) in [6.07, 6.45) is 5.20. The molecular formula is C20H30N4O3S. The van der Waals surface area contributed by atoms with E-state index in [0.717, 1.165) is 49.3 Å². The van der Waals surface area contributed by atoms with Crippen LogP contribution in [0.2, 0.25) is 0 Å². The minimum Gasteiger partial charge on any atom is -0.383 e. The van der Waals surface area contributed by atoms with Gasteiger partial charge in [-0.2, -0.15) is 11.8 Å². The van der Waals surface area contributed by atoms with Crippen molar-refractivity contribution in [1.82, 2.24) is 5.32 Å². The average Bonchev–Trinajstić information content (AvgIpc) is 3.22. The third-order valence-corrected chi connectivity index (χ3v) is 7.15. The Hall–Kier alpha value is -1.96. The van der Waals surface area contributed by atoms with Crippen molar-refractivity contribution in [1.29, 1.82) is 0 Å². The molecule has 1 amide bonds. The van der Waals surface area contributed by atoms with Gasteiger partial charge >= 0.3 is 0 Å². The van der Waals surface area contributed by atoms with Crippen LogP contribution in [0, 0.1) is 16.0 Å². The zero-order valence-electron chi connectivity index (χ0n) is 16.9. The van der Waals surface area contributed by atoms with Crippen LogP contribution < -0.4 is 15.5 Å². The maximum atomic E-state index is 13.1. The van der Waals surface area contributed by atoms with Gasteiger partial charge < -0.3 is 15.5 Å². The Balaban J connectivity index is 1.92. The number of thioether (sulfide) groups is 1. The largest absolute Gasteiger partial charge is 0.383 e. The summed E-state index contributed by atoms with van der Waals surface area (Å²) in [4.78, 5) is 26.3. The van der Waals surface area contributed by atoms with E-state index in [1.165, 1.54) is 6.07 Å². The van der Waals surface area contributed by atoms with Crippen LogP contribution in [0.4, 0.5) is 17.1 Å². The van der Waals surface area contributed by atoms with Crippen LogP contribution in [-0.2, 0) is 0 Å². The summed E-state index contributed by atoms with van der Waals surface area (Å²) in [6.45, 7) is 2.24. The molecular weight excluding hydrogens is 376 g/mol. The summed E-state index contributed by atoms with van der Waals surface area (Å²) in [6, 6.07) is 3.66. The topological polar surface area (TPSA) is 87.5 Å². The van der Waals surface area contributed by atoms with Crippen molar-refractivity contribution in [2.24, 2.45) is 5.92 Å². The van der Waals surface area contributed by atoms with Crippen LogP contribution in [0.1, 0.15) is 49.4 Å². The van der Waals surface area contributed by atoms with E-state index in [1.54, 1.807) is 13.1 Å². The molecule has 0 aromatic heterocycles. The first-order valence-electron chi connectivity index (χ1n) is 10.0. The van der Waals surface area contributed by atoms with Crippen LogP contribution in [0.15, 0.2) is 12.1 Å². The van der Waals surface area contributed by atoms with Gasteiger partial charge in [-0.05, 0) is 49.8 Å². The molecule has 154 valence electrons. The number of anilines is 2. The molecule has 1 saturated heterocycles. The predicted molar refractivity (Wildman–Crippen MR) is 116 cm³/mol. The number of amides is 1. The maximum Gasteiger partial charge on any atom is 0.293 e. The molecule has 3 rings (SSSR count). The molecule has 1 unspecified atom stereocenters. The van der Waals surface area contributed by atoms with Crippen molar-refractivity contribution < 1.29 is 9.72 Å². The van der Waals surface area contributed by atoms with Gasteiger partial charge in [0, 0.05) is 38.0 Å². The van der Waals surface area contributed by atoms with Crippen molar-refractivity contribution in [2.45, 2.75) is 51.1 Å². The number of nitro benzene ring substituents is 1. The van der Waals surface area contributed by atoms with E-state index in [4.69, 9.17) is 0 Å². The molecule has 2 aliphatic rings. The number of hydrogen-bond acceptors (Lipinski definition) is 6. The lowest BCUT2D eigenvalue weighted by Gasteiger charge is -2.30. The average molecular weight is 407 g/mol. The quantitative estimate of drug-likeness (QED) is 0.550. The summed E-state index contributed by atoms with van der Waals surface area (Å²) >= 11 is 1.90. The Morgan fingerprint density at radius 1 is 1.25 bits per heavy atom. The van der Waals surface area contributed by atoms with Gasteiger partial charge in [0.2, 0.25) is 0 Å². The van der Waals surface area contributed by atoms with Gasteiger partial charge in [0.1, 0.15) is 5.69 Å². The number of carbonyl (C=O) groups is 1. The second-order valence-corrected chi connectivity index (χ2v) is 9.10. The maximum absolute atomic E-state index is 13.1. The van der Waals surface area contributed by atoms with Crippen LogP contribution in [0.25, 0.3) is 0 Å². The molecule has 2 N–H and O–H groups in total. The van der Waals surface area contributed by atoms with E-state index in [1.807, 2.05) is 18.8 Å². The van der Waals surface area contributed by atoms with Gasteiger partial charge in [0.25, 0.3) is 11.6 Å². The molecule has 1 aliphatic heterocycles. The van der Waals surface area contributed by atoms with Crippen LogP contribution in [-0.4, -0.2) is 48.5 Å². The first-order valence-corrected chi connectivity index (χ1v) is 11.2. The van der Waals surface area contributed by atoms with E-state index < -0.39 is 4.92 Å². The number of nitrogens with zero attached hydrogens (tertiary/aromatic N) is 2. The zero-order chi connectivity index (χ0) is 20.3. The van der Waals surface area contributed by atoms with Gasteiger partial charge in [0.15, 0.2) is 0 Å². The van der Waals surface area contributed by atoms with Gasteiger partial charge in [-0.3, -0.25) is 14.9 Å². The van der Waals surface area contributed by atoms with Crippen molar-refractivity contribution in [2.75, 3.05) is 35.8 Å². The highest BCUT2D eigenvalue weighted by atomic mass is 32.2. The fourth-order valence-electron chi connectivity index (χ4n) is 4.09. The van der Waals surface area contributed by atoms with Gasteiger partial charge in [0.05, 0.1) is 16.2 Å². The van der Waals surface area contributed by atoms with E-state index in [0.29, 0.717) is 23.2 Å². The molecule has 1 aliphatic carbocycles. The second-order valence-electron chi connectivity index (χ2n) is 7.95. The fraction of sp³-hybridized carbons (Fsp3) is 0.650. The number of hydrogen-bond donors (Lipinski definition) is 2. The molecule has 1 atom stereocenters. The number of nitrogens with one attached hydrogen (secondary N) is 2. The van der Waals surface area contributed by atoms with Crippen molar-refractivity contribution in [3.05, 3.63) is 27.8 Å². The van der Waals surface area contributed by atoms with Gasteiger partial charge in [-0.25, -0.2) is 0 Å². The molecule has 1 aromatic carbocycles. The molecule has 1 aromatic rings. The van der Waals surface area contributed by atoms with Crippen molar-refractivity contribution in [3.8, 4) is 0 Å². The smallest absolute Gasteiger partial charge is 0.293 e. The van der Waals surface area contributed by atoms with Crippen molar-refractivity contribution in [3.63, 3.8) is 0 Å². The number of carbonyl (C=O) groups excluding carboxylic acids is 1. The predicted octanol–water partition coefficient (Wildman–Crippen LogP) is 3.89. The Bertz CT molecular complexity index is 728. The second kappa shape index (κ2) is 9.03. The van der Waals surface area contributed by atoms with E-state index >= 15 is 0 Å². The first-order chi connectivity index (χ1) is 13.4. The molecule has 7 nitrogen and oxygen atoms in total. The summed E-state index contributed by atoms with van der Waals surface area (Å²) in [5.41, 5.74) is 1.51. The van der Waals surface area contributed by atoms with Crippen LogP contribution in [0.5, 0.6) is 0 Å². The minimum absolute atomic E-state index is 0.0668. The zero-order valence-corrected chi connectivity index (χ0v) is 17.7. The summed E-state index contributed by atoms with van der Waals surface area (Å²) < 4.78 is 0. The highest BCUT2D eigenvalue weighted by molar-refractivity contribution is 7.99. The number of benzene rings is 1. The fourth-order valence-corrected chi connectivity index (χ4v) is 5.36. The van der Waals surface area contributed by atoms with Crippen LogP contribution >= 0.6 is 11.8 Å². The summed E-state index contributed by atoms with van der Waals surface area (Å²) in [7, 11) is 3.65. The Morgan fingerprint density at radius 3 is 2.54 bits per heavy atom. The molecule has 1 saturated carbocycles. The first kappa shape index (κ1) is 20.8. The monoisotopic (exact) mass is 406 g/mol. The summed E-state index contributed by atoms with van der Waals surface area (Å²) in [5, 5.41) is 17.6. The molecule has 0 radical (unpaired) electrons. The lowest BCUT2D eigenvalue weighted by atomic mass is 9.87. The molecule has 28 heavy (non-hydrogen) atoms. The summed E-state index contributed by atoms with van der Waals surface area (Å²) in [5.74, 6) is 2.59. The number of rotatable bonds is 6. The molecule has 1 heterocycles. The Kier molecular flexibility index (Phi) is 6.69. The van der Waals surface area contributed by atoms with E-state index in [2.05, 4.69) is 22.5 Å². The lowest BCUT2D eigenvalue weighted by molar-refractivity contribution is -0.383. The normalized spacial score (nSPS) is 24.6. The van der Waals surface area contributed by atoms with E-state index in [-0.39, 0.29) is 17.6 Å².